The minimum absolute atomic E-state index is 0.00906. The van der Waals surface area contributed by atoms with Crippen molar-refractivity contribution in [2.24, 2.45) is 0 Å². The molecule has 0 bridgehead atoms. The van der Waals surface area contributed by atoms with E-state index in [0.29, 0.717) is 36.7 Å². The van der Waals surface area contributed by atoms with Crippen LogP contribution in [0.3, 0.4) is 0 Å². The number of hydrogen-bond donors (Lipinski definition) is 2. The predicted octanol–water partition coefficient (Wildman–Crippen LogP) is 2.90. The lowest BCUT2D eigenvalue weighted by molar-refractivity contribution is -0.384. The number of carbonyl (C=O) groups is 1. The number of aryl methyl sites for hydroxylation is 1. The van der Waals surface area contributed by atoms with Gasteiger partial charge in [-0.1, -0.05) is 24.3 Å². The Hall–Kier alpha value is -3.42. The number of carbonyl (C=O) groups excluding carboxylic acids is 1. The van der Waals surface area contributed by atoms with Crippen molar-refractivity contribution < 1.29 is 14.1 Å². The molecule has 2 N–H and O–H groups in total. The quantitative estimate of drug-likeness (QED) is 0.366. The number of nitrogens with zero attached hydrogens (tertiary/aromatic N) is 2. The molecule has 3 rings (SSSR count). The number of fused-ring (bicyclic) bond motifs is 1. The van der Waals surface area contributed by atoms with E-state index >= 15 is 0 Å². The largest absolute Gasteiger partial charge is 0.441 e. The molecule has 2 aromatic carbocycles. The van der Waals surface area contributed by atoms with Crippen molar-refractivity contribution in [3.63, 3.8) is 0 Å². The molecule has 1 heterocycles. The third kappa shape index (κ3) is 4.35. The molecule has 8 nitrogen and oxygen atoms in total. The third-order valence-electron chi connectivity index (χ3n) is 3.77. The number of amides is 1. The van der Waals surface area contributed by atoms with Crippen molar-refractivity contribution in [1.82, 2.24) is 10.3 Å². The molecule has 0 saturated heterocycles. The minimum atomic E-state index is -0.443. The van der Waals surface area contributed by atoms with Crippen molar-refractivity contribution in [3.05, 3.63) is 64.5 Å². The zero-order chi connectivity index (χ0) is 18.4. The van der Waals surface area contributed by atoms with E-state index in [9.17, 15) is 14.9 Å². The molecule has 26 heavy (non-hydrogen) atoms. The first-order valence-electron chi connectivity index (χ1n) is 8.22. The molecule has 0 atom stereocenters. The van der Waals surface area contributed by atoms with Crippen LogP contribution in [-0.4, -0.2) is 28.9 Å². The number of nitrogens with one attached hydrogen (secondary N) is 2. The van der Waals surface area contributed by atoms with Gasteiger partial charge in [-0.2, -0.15) is 0 Å². The number of nitro groups is 1. The fraction of sp³-hybridized carbons (Fsp3) is 0.222. The molecule has 134 valence electrons. The van der Waals surface area contributed by atoms with Gasteiger partial charge >= 0.3 is 0 Å². The first-order chi connectivity index (χ1) is 12.6. The van der Waals surface area contributed by atoms with E-state index in [0.717, 1.165) is 5.52 Å². The Morgan fingerprint density at radius 3 is 2.69 bits per heavy atom. The van der Waals surface area contributed by atoms with Crippen LogP contribution < -0.4 is 10.6 Å². The highest BCUT2D eigenvalue weighted by atomic mass is 16.6. The Balaban J connectivity index is 1.41. The van der Waals surface area contributed by atoms with Crippen molar-refractivity contribution in [1.29, 1.82) is 0 Å². The average molecular weight is 354 g/mol. The standard InChI is InChI=1S/C18H18N4O4/c23-17(9-10-18-21-14-6-2-4-8-16(14)26-18)20-12-11-19-13-5-1-3-7-15(13)22(24)25/h1-8,19H,9-12H2,(H,20,23). The van der Waals surface area contributed by atoms with E-state index in [-0.39, 0.29) is 18.0 Å². The van der Waals surface area contributed by atoms with Gasteiger partial charge in [0.15, 0.2) is 11.5 Å². The monoisotopic (exact) mass is 354 g/mol. The minimum Gasteiger partial charge on any atom is -0.441 e. The molecule has 0 aliphatic carbocycles. The molecule has 0 spiro atoms. The summed E-state index contributed by atoms with van der Waals surface area (Å²) in [7, 11) is 0. The first kappa shape index (κ1) is 17.4. The van der Waals surface area contributed by atoms with Gasteiger partial charge in [0.05, 0.1) is 4.92 Å². The first-order valence-corrected chi connectivity index (χ1v) is 8.22. The number of aromatic nitrogens is 1. The number of anilines is 1. The molecule has 0 aliphatic heterocycles. The number of benzene rings is 2. The van der Waals surface area contributed by atoms with E-state index in [1.165, 1.54) is 6.07 Å². The summed E-state index contributed by atoms with van der Waals surface area (Å²) in [5.74, 6) is 0.399. The van der Waals surface area contributed by atoms with Gasteiger partial charge in [-0.15, -0.1) is 0 Å². The molecule has 1 aromatic heterocycles. The second-order valence-corrected chi connectivity index (χ2v) is 5.63. The van der Waals surface area contributed by atoms with Gasteiger partial charge in [-0.3, -0.25) is 14.9 Å². The summed E-state index contributed by atoms with van der Waals surface area (Å²) < 4.78 is 5.57. The molecule has 0 radical (unpaired) electrons. The van der Waals surface area contributed by atoms with Crippen LogP contribution in [0.2, 0.25) is 0 Å². The number of nitro benzene ring substituents is 1. The number of para-hydroxylation sites is 4. The molecule has 0 fully saturated rings. The Bertz CT molecular complexity index is 889. The summed E-state index contributed by atoms with van der Waals surface area (Å²) in [6.07, 6.45) is 0.677. The van der Waals surface area contributed by atoms with Crippen LogP contribution in [0.1, 0.15) is 12.3 Å². The highest BCUT2D eigenvalue weighted by Crippen LogP contribution is 2.22. The van der Waals surface area contributed by atoms with Gasteiger partial charge in [-0.25, -0.2) is 4.98 Å². The topological polar surface area (TPSA) is 110 Å². The number of oxazole rings is 1. The summed E-state index contributed by atoms with van der Waals surface area (Å²) in [5, 5.41) is 16.6. The molecule has 3 aromatic rings. The number of rotatable bonds is 8. The van der Waals surface area contributed by atoms with Crippen LogP contribution in [0.25, 0.3) is 11.1 Å². The highest BCUT2D eigenvalue weighted by Gasteiger charge is 2.12. The van der Waals surface area contributed by atoms with Gasteiger partial charge in [0.1, 0.15) is 11.2 Å². The van der Waals surface area contributed by atoms with Crippen LogP contribution in [0, 0.1) is 10.1 Å². The maximum absolute atomic E-state index is 11.9. The Morgan fingerprint density at radius 2 is 1.88 bits per heavy atom. The molecule has 1 amide bonds. The third-order valence-corrected chi connectivity index (χ3v) is 3.77. The molecule has 8 heteroatoms. The van der Waals surface area contributed by atoms with Gasteiger partial charge in [0.25, 0.3) is 5.69 Å². The lowest BCUT2D eigenvalue weighted by atomic mass is 10.2. The van der Waals surface area contributed by atoms with E-state index in [2.05, 4.69) is 15.6 Å². The molecule has 0 unspecified atom stereocenters. The van der Waals surface area contributed by atoms with Crippen LogP contribution in [0.15, 0.2) is 52.9 Å². The molecule has 0 aliphatic rings. The van der Waals surface area contributed by atoms with Crippen LogP contribution in [0.5, 0.6) is 0 Å². The SMILES string of the molecule is O=C(CCc1nc2ccccc2o1)NCCNc1ccccc1[N+](=O)[O-]. The number of hydrogen-bond acceptors (Lipinski definition) is 6. The summed E-state index contributed by atoms with van der Waals surface area (Å²) in [6.45, 7) is 0.748. The Labute approximate surface area is 149 Å². The zero-order valence-corrected chi connectivity index (χ0v) is 14.0. The second kappa shape index (κ2) is 8.11. The lowest BCUT2D eigenvalue weighted by Crippen LogP contribution is -2.29. The molecule has 0 saturated carbocycles. The van der Waals surface area contributed by atoms with Crippen LogP contribution in [0.4, 0.5) is 11.4 Å². The van der Waals surface area contributed by atoms with Gasteiger partial charge in [0, 0.05) is 32.0 Å². The average Bonchev–Trinajstić information content (AvgIpc) is 3.07. The predicted molar refractivity (Wildman–Crippen MR) is 96.9 cm³/mol. The van der Waals surface area contributed by atoms with Crippen molar-refractivity contribution in [3.8, 4) is 0 Å². The van der Waals surface area contributed by atoms with Crippen LogP contribution >= 0.6 is 0 Å². The lowest BCUT2D eigenvalue weighted by Gasteiger charge is -2.08. The van der Waals surface area contributed by atoms with E-state index in [4.69, 9.17) is 4.42 Å². The van der Waals surface area contributed by atoms with Crippen molar-refractivity contribution in [2.75, 3.05) is 18.4 Å². The van der Waals surface area contributed by atoms with E-state index in [1.54, 1.807) is 18.2 Å². The summed E-state index contributed by atoms with van der Waals surface area (Å²) >= 11 is 0. The maximum atomic E-state index is 11.9. The summed E-state index contributed by atoms with van der Waals surface area (Å²) in [4.78, 5) is 26.7. The van der Waals surface area contributed by atoms with Gasteiger partial charge < -0.3 is 15.1 Å². The Morgan fingerprint density at radius 1 is 1.12 bits per heavy atom. The van der Waals surface area contributed by atoms with E-state index < -0.39 is 4.92 Å². The zero-order valence-electron chi connectivity index (χ0n) is 14.0. The van der Waals surface area contributed by atoms with Crippen LogP contribution in [-0.2, 0) is 11.2 Å². The molecular formula is C18H18N4O4. The fourth-order valence-corrected chi connectivity index (χ4v) is 2.52. The van der Waals surface area contributed by atoms with Crippen molar-refractivity contribution in [2.45, 2.75) is 12.8 Å². The Kier molecular flexibility index (Phi) is 5.43. The fourth-order valence-electron chi connectivity index (χ4n) is 2.52. The normalized spacial score (nSPS) is 10.6. The summed E-state index contributed by atoms with van der Waals surface area (Å²) in [6, 6.07) is 13.8. The van der Waals surface area contributed by atoms with E-state index in [1.807, 2.05) is 24.3 Å². The van der Waals surface area contributed by atoms with Gasteiger partial charge in [0.2, 0.25) is 5.91 Å². The maximum Gasteiger partial charge on any atom is 0.292 e. The van der Waals surface area contributed by atoms with Crippen molar-refractivity contribution >= 4 is 28.4 Å². The highest BCUT2D eigenvalue weighted by molar-refractivity contribution is 5.76. The summed E-state index contributed by atoms with van der Waals surface area (Å²) in [5.41, 5.74) is 1.92. The van der Waals surface area contributed by atoms with Gasteiger partial charge in [-0.05, 0) is 18.2 Å². The molecular weight excluding hydrogens is 336 g/mol. The smallest absolute Gasteiger partial charge is 0.292 e. The second-order valence-electron chi connectivity index (χ2n) is 5.63.